The monoisotopic (exact) mass is 399 g/mol. The minimum atomic E-state index is -0.333. The van der Waals surface area contributed by atoms with Gasteiger partial charge in [0.05, 0.1) is 12.5 Å². The Kier molecular flexibility index (Phi) is 5.74. The zero-order valence-electron chi connectivity index (χ0n) is 16.5. The molecule has 1 aromatic heterocycles. The van der Waals surface area contributed by atoms with E-state index in [-0.39, 0.29) is 16.7 Å². The number of methoxy groups -OCH3 is 1. The highest BCUT2D eigenvalue weighted by Crippen LogP contribution is 2.44. The molecule has 0 spiro atoms. The molecule has 4 rings (SSSR count). The summed E-state index contributed by atoms with van der Waals surface area (Å²) in [7, 11) is 1.69. The molecule has 1 saturated heterocycles. The Morgan fingerprint density at radius 3 is 2.43 bits per heavy atom. The minimum Gasteiger partial charge on any atom is -0.497 e. The molecule has 150 valence electrons. The van der Waals surface area contributed by atoms with E-state index in [0.717, 1.165) is 57.5 Å². The molecular weight excluding hydrogens is 370 g/mol. The van der Waals surface area contributed by atoms with Gasteiger partial charge in [0.2, 0.25) is 5.91 Å². The van der Waals surface area contributed by atoms with Crippen molar-refractivity contribution in [2.24, 2.45) is 0 Å². The number of carbonyl (C=O) groups excluding carboxylic acids is 1. The molecule has 1 aliphatic heterocycles. The Bertz CT molecular complexity index is 773. The predicted octanol–water partition coefficient (Wildman–Crippen LogP) is 4.43. The number of nitrogens with one attached hydrogen (secondary N) is 1. The average molecular weight is 400 g/mol. The second-order valence-electron chi connectivity index (χ2n) is 8.07. The van der Waals surface area contributed by atoms with Gasteiger partial charge in [-0.15, -0.1) is 11.3 Å². The summed E-state index contributed by atoms with van der Waals surface area (Å²) >= 11 is 1.71. The van der Waals surface area contributed by atoms with E-state index >= 15 is 0 Å². The van der Waals surface area contributed by atoms with Gasteiger partial charge in [0.15, 0.2) is 0 Å². The first-order chi connectivity index (χ1) is 13.7. The van der Waals surface area contributed by atoms with Crippen molar-refractivity contribution in [2.75, 3.05) is 26.9 Å². The summed E-state index contributed by atoms with van der Waals surface area (Å²) in [5.41, 5.74) is 0.851. The normalized spacial score (nSPS) is 20.6. The SMILES string of the molecule is COc1ccc(C2(CNC(=O)C3(c4cccs4)CCCC3)CCOCC2)cc1. The van der Waals surface area contributed by atoms with Crippen LogP contribution in [0.15, 0.2) is 41.8 Å². The number of ether oxygens (including phenoxy) is 2. The first-order valence-corrected chi connectivity index (χ1v) is 11.1. The van der Waals surface area contributed by atoms with Gasteiger partial charge in [-0.1, -0.05) is 31.0 Å². The highest BCUT2D eigenvalue weighted by atomic mass is 32.1. The lowest BCUT2D eigenvalue weighted by Crippen LogP contribution is -2.49. The van der Waals surface area contributed by atoms with Crippen LogP contribution in [-0.4, -0.2) is 32.8 Å². The zero-order valence-corrected chi connectivity index (χ0v) is 17.4. The standard InChI is InChI=1S/C23H29NO3S/c1-26-19-8-6-18(7-9-19)22(12-14-27-15-13-22)17-24-21(25)23(10-2-3-11-23)20-5-4-16-28-20/h4-9,16H,2-3,10-15,17H2,1H3,(H,24,25). The van der Waals surface area contributed by atoms with Crippen LogP contribution in [0.4, 0.5) is 0 Å². The van der Waals surface area contributed by atoms with Crippen molar-refractivity contribution in [1.29, 1.82) is 0 Å². The number of amides is 1. The molecular formula is C23H29NO3S. The van der Waals surface area contributed by atoms with Gasteiger partial charge in [-0.25, -0.2) is 0 Å². The van der Waals surface area contributed by atoms with Crippen molar-refractivity contribution < 1.29 is 14.3 Å². The van der Waals surface area contributed by atoms with Crippen molar-refractivity contribution >= 4 is 17.2 Å². The number of thiophene rings is 1. The Morgan fingerprint density at radius 1 is 1.11 bits per heavy atom. The number of rotatable bonds is 6. The van der Waals surface area contributed by atoms with Crippen molar-refractivity contribution in [3.8, 4) is 5.75 Å². The average Bonchev–Trinajstić information content (AvgIpc) is 3.45. The molecule has 5 heteroatoms. The third-order valence-corrected chi connectivity index (χ3v) is 7.70. The van der Waals surface area contributed by atoms with E-state index in [2.05, 4.69) is 35.0 Å². The molecule has 2 aliphatic rings. The van der Waals surface area contributed by atoms with Crippen LogP contribution < -0.4 is 10.1 Å². The van der Waals surface area contributed by atoms with Crippen molar-refractivity contribution in [3.63, 3.8) is 0 Å². The fraction of sp³-hybridized carbons (Fsp3) is 0.522. The number of hydrogen-bond acceptors (Lipinski definition) is 4. The molecule has 4 nitrogen and oxygen atoms in total. The summed E-state index contributed by atoms with van der Waals surface area (Å²) in [6, 6.07) is 12.5. The molecule has 1 aliphatic carbocycles. The summed E-state index contributed by atoms with van der Waals surface area (Å²) in [6.45, 7) is 2.13. The van der Waals surface area contributed by atoms with Crippen LogP contribution in [0.1, 0.15) is 49.0 Å². The van der Waals surface area contributed by atoms with Gasteiger partial charge in [0, 0.05) is 30.1 Å². The Morgan fingerprint density at radius 2 is 1.82 bits per heavy atom. The minimum absolute atomic E-state index is 0.0740. The molecule has 2 fully saturated rings. The molecule has 1 N–H and O–H groups in total. The third-order valence-electron chi connectivity index (χ3n) is 6.62. The Labute approximate surface area is 171 Å². The van der Waals surface area contributed by atoms with Gasteiger partial charge in [0.25, 0.3) is 0 Å². The van der Waals surface area contributed by atoms with Crippen LogP contribution >= 0.6 is 11.3 Å². The van der Waals surface area contributed by atoms with E-state index in [0.29, 0.717) is 6.54 Å². The molecule has 28 heavy (non-hydrogen) atoms. The van der Waals surface area contributed by atoms with Gasteiger partial charge < -0.3 is 14.8 Å². The lowest BCUT2D eigenvalue weighted by atomic mass is 9.73. The van der Waals surface area contributed by atoms with E-state index < -0.39 is 0 Å². The van der Waals surface area contributed by atoms with E-state index in [9.17, 15) is 4.79 Å². The van der Waals surface area contributed by atoms with Crippen LogP contribution in [-0.2, 0) is 20.4 Å². The predicted molar refractivity (Wildman–Crippen MR) is 112 cm³/mol. The zero-order chi connectivity index (χ0) is 19.5. The maximum absolute atomic E-state index is 13.4. The van der Waals surface area contributed by atoms with Gasteiger partial charge >= 0.3 is 0 Å². The van der Waals surface area contributed by atoms with Crippen molar-refractivity contribution in [1.82, 2.24) is 5.32 Å². The molecule has 2 aromatic rings. The van der Waals surface area contributed by atoms with Crippen LogP contribution in [0.25, 0.3) is 0 Å². The molecule has 1 aromatic carbocycles. The van der Waals surface area contributed by atoms with Crippen LogP contribution in [0.2, 0.25) is 0 Å². The molecule has 1 saturated carbocycles. The van der Waals surface area contributed by atoms with E-state index in [1.807, 2.05) is 12.1 Å². The second-order valence-corrected chi connectivity index (χ2v) is 9.02. The maximum atomic E-state index is 13.4. The molecule has 0 radical (unpaired) electrons. The Balaban J connectivity index is 1.55. The molecule has 0 atom stereocenters. The van der Waals surface area contributed by atoms with Gasteiger partial charge in [-0.3, -0.25) is 4.79 Å². The van der Waals surface area contributed by atoms with E-state index in [4.69, 9.17) is 9.47 Å². The summed E-state index contributed by atoms with van der Waals surface area (Å²) < 4.78 is 11.0. The maximum Gasteiger partial charge on any atom is 0.231 e. The lowest BCUT2D eigenvalue weighted by Gasteiger charge is -2.39. The fourth-order valence-corrected chi connectivity index (χ4v) is 5.79. The van der Waals surface area contributed by atoms with Crippen molar-refractivity contribution in [3.05, 3.63) is 52.2 Å². The number of benzene rings is 1. The van der Waals surface area contributed by atoms with Crippen LogP contribution in [0.5, 0.6) is 5.75 Å². The van der Waals surface area contributed by atoms with E-state index in [1.165, 1.54) is 10.4 Å². The topological polar surface area (TPSA) is 47.6 Å². The van der Waals surface area contributed by atoms with Crippen LogP contribution in [0, 0.1) is 0 Å². The highest BCUT2D eigenvalue weighted by Gasteiger charge is 2.44. The van der Waals surface area contributed by atoms with Crippen molar-refractivity contribution in [2.45, 2.75) is 49.4 Å². The first kappa shape index (κ1) is 19.5. The number of hydrogen-bond donors (Lipinski definition) is 1. The largest absolute Gasteiger partial charge is 0.497 e. The summed E-state index contributed by atoms with van der Waals surface area (Å²) in [6.07, 6.45) is 6.01. The highest BCUT2D eigenvalue weighted by molar-refractivity contribution is 7.10. The first-order valence-electron chi connectivity index (χ1n) is 10.2. The van der Waals surface area contributed by atoms with Gasteiger partial charge in [-0.05, 0) is 54.8 Å². The van der Waals surface area contributed by atoms with E-state index in [1.54, 1.807) is 18.4 Å². The summed E-state index contributed by atoms with van der Waals surface area (Å²) in [5, 5.41) is 5.46. The molecule has 2 heterocycles. The van der Waals surface area contributed by atoms with Crippen LogP contribution in [0.3, 0.4) is 0 Å². The molecule has 0 unspecified atom stereocenters. The molecule has 1 amide bonds. The summed E-state index contributed by atoms with van der Waals surface area (Å²) in [5.74, 6) is 1.06. The Hall–Kier alpha value is -1.85. The fourth-order valence-electron chi connectivity index (χ4n) is 4.81. The van der Waals surface area contributed by atoms with Gasteiger partial charge in [-0.2, -0.15) is 0 Å². The summed E-state index contributed by atoms with van der Waals surface area (Å²) in [4.78, 5) is 14.6. The third kappa shape index (κ3) is 3.58. The molecule has 0 bridgehead atoms. The lowest BCUT2D eigenvalue weighted by molar-refractivity contribution is -0.127. The van der Waals surface area contributed by atoms with Gasteiger partial charge in [0.1, 0.15) is 5.75 Å². The number of carbonyl (C=O) groups is 1. The smallest absolute Gasteiger partial charge is 0.231 e. The quantitative estimate of drug-likeness (QED) is 0.781. The second kappa shape index (κ2) is 8.26.